The predicted octanol–water partition coefficient (Wildman–Crippen LogP) is -3.35. The van der Waals surface area contributed by atoms with Crippen molar-refractivity contribution in [3.05, 3.63) is 40.1 Å². The number of rotatable bonds is 10. The number of fused-ring (bicyclic) bond motifs is 1. The van der Waals surface area contributed by atoms with Crippen molar-refractivity contribution in [1.29, 1.82) is 0 Å². The largest absolute Gasteiger partial charge is 0.507 e. The molecule has 4 fully saturated rings. The molecule has 0 spiro atoms. The third kappa shape index (κ3) is 8.49. The molecule has 16 atom stereocenters. The Labute approximate surface area is 350 Å². The maximum atomic E-state index is 14.7. The van der Waals surface area contributed by atoms with Crippen LogP contribution in [0.1, 0.15) is 32.3 Å². The van der Waals surface area contributed by atoms with Crippen LogP contribution in [0.15, 0.2) is 33.5 Å². The number of phenols is 4. The van der Waals surface area contributed by atoms with Crippen molar-refractivity contribution in [2.75, 3.05) is 13.2 Å². The van der Waals surface area contributed by atoms with Gasteiger partial charge in [0, 0.05) is 18.2 Å². The number of phenolic OH excluding ortho intramolecular Hbond substituents is 4. The molecule has 1 amide bonds. The average Bonchev–Trinajstić information content (AvgIpc) is 3.23. The van der Waals surface area contributed by atoms with E-state index in [0.29, 0.717) is 6.42 Å². The number of aliphatic hydroxyl groups is 9. The van der Waals surface area contributed by atoms with Crippen molar-refractivity contribution < 1.29 is 104 Å². The minimum absolute atomic E-state index is 0.142. The van der Waals surface area contributed by atoms with Crippen molar-refractivity contribution in [2.45, 2.75) is 131 Å². The summed E-state index contributed by atoms with van der Waals surface area (Å²) in [5, 5.41) is 138. The summed E-state index contributed by atoms with van der Waals surface area (Å²) in [5.74, 6) is -4.91. The molecule has 342 valence electrons. The van der Waals surface area contributed by atoms with Crippen LogP contribution in [0.3, 0.4) is 0 Å². The number of benzene rings is 2. The molecule has 0 radical (unpaired) electrons. The van der Waals surface area contributed by atoms with Gasteiger partial charge in [0.2, 0.25) is 17.5 Å². The van der Waals surface area contributed by atoms with Gasteiger partial charge in [0.1, 0.15) is 77.9 Å². The SMILES string of the molecule is C[C@@H]1O[C@@H](OC[C@H]2O[C@@H](Oc3c(-c4ccc(O)c(O)c4)oc4c(CN5CCCC(O)C5=O)c(O)cc(O)c4c3=O)[C@H](O[C@H]3O[C@@H](C)[C@H](O)[C@@H](O)[C@H]3O)[C@@H](O)[C@H]2O)[C@H](O)[C@H](O)[C@H]1O. The van der Waals surface area contributed by atoms with Crippen LogP contribution < -0.4 is 10.2 Å². The van der Waals surface area contributed by atoms with Gasteiger partial charge in [0.25, 0.3) is 5.91 Å². The first kappa shape index (κ1) is 45.6. The topological polar surface area (TPSA) is 369 Å². The zero-order chi connectivity index (χ0) is 45.1. The summed E-state index contributed by atoms with van der Waals surface area (Å²) in [5.41, 5.74) is -2.06. The van der Waals surface area contributed by atoms with Crippen LogP contribution in [-0.2, 0) is 35.0 Å². The fraction of sp³-hybridized carbons (Fsp3) is 0.590. The number of hydrogen-bond donors (Lipinski definition) is 13. The maximum Gasteiger partial charge on any atom is 0.251 e. The highest BCUT2D eigenvalue weighted by atomic mass is 16.8. The molecule has 4 aliphatic heterocycles. The molecule has 5 heterocycles. The molecule has 23 nitrogen and oxygen atoms in total. The molecule has 0 bridgehead atoms. The number of piperidine rings is 1. The molecule has 4 saturated heterocycles. The fourth-order valence-electron chi connectivity index (χ4n) is 7.77. The van der Waals surface area contributed by atoms with Crippen LogP contribution in [0.25, 0.3) is 22.3 Å². The van der Waals surface area contributed by atoms with Crippen LogP contribution in [-0.4, -0.2) is 189 Å². The molecule has 13 N–H and O–H groups in total. The van der Waals surface area contributed by atoms with Crippen molar-refractivity contribution in [3.8, 4) is 40.1 Å². The van der Waals surface area contributed by atoms with Gasteiger partial charge in [-0.05, 0) is 44.9 Å². The Kier molecular flexibility index (Phi) is 13.2. The van der Waals surface area contributed by atoms with E-state index in [1.807, 2.05) is 0 Å². The van der Waals surface area contributed by atoms with Crippen LogP contribution in [0.4, 0.5) is 0 Å². The second-order valence-corrected chi connectivity index (χ2v) is 15.7. The Morgan fingerprint density at radius 1 is 0.694 bits per heavy atom. The van der Waals surface area contributed by atoms with E-state index in [9.17, 15) is 76.0 Å². The highest BCUT2D eigenvalue weighted by Gasteiger charge is 2.52. The standard InChI is InChI=1S/C39H49NO22/c1-12-23(46)27(50)30(53)37(57-12)56-11-21-25(48)29(52)35(62-38-31(54)28(51)24(47)13(2)58-38)39(59-21)61-34-26(49)22-20(45)9-18(43)15(10-40-7-3-4-17(42)36(40)55)33(22)60-32(34)14-5-6-16(41)19(44)8-14/h5-6,8-9,12-13,17,21,23-25,27-31,35,37-39,41-48,50-54H,3-4,7,10-11H2,1-2H3/t12-,13-,17?,21+,23-,24-,25-,27+,28+,29-,30+,31+,35+,37+,38+,39-/m0/s1. The highest BCUT2D eigenvalue weighted by molar-refractivity contribution is 5.91. The molecular weight excluding hydrogens is 834 g/mol. The minimum Gasteiger partial charge on any atom is -0.507 e. The molecule has 1 unspecified atom stereocenters. The van der Waals surface area contributed by atoms with Gasteiger partial charge in [0.15, 0.2) is 41.5 Å². The summed E-state index contributed by atoms with van der Waals surface area (Å²) >= 11 is 0. The number of aliphatic hydroxyl groups excluding tert-OH is 9. The second kappa shape index (κ2) is 18.0. The number of hydrogen-bond acceptors (Lipinski definition) is 22. The summed E-state index contributed by atoms with van der Waals surface area (Å²) in [6.45, 7) is 1.69. The zero-order valence-electron chi connectivity index (χ0n) is 33.0. The number of ether oxygens (including phenoxy) is 6. The third-order valence-electron chi connectivity index (χ3n) is 11.5. The van der Waals surface area contributed by atoms with Gasteiger partial charge in [0.05, 0.1) is 30.9 Å². The Morgan fingerprint density at radius 3 is 2.00 bits per heavy atom. The van der Waals surface area contributed by atoms with E-state index in [2.05, 4.69) is 0 Å². The molecule has 7 rings (SSSR count). The van der Waals surface area contributed by atoms with E-state index in [1.54, 1.807) is 0 Å². The summed E-state index contributed by atoms with van der Waals surface area (Å²) in [6, 6.07) is 3.94. The number of nitrogens with zero attached hydrogens (tertiary/aromatic N) is 1. The van der Waals surface area contributed by atoms with Crippen molar-refractivity contribution >= 4 is 16.9 Å². The van der Waals surface area contributed by atoms with Crippen LogP contribution in [0.2, 0.25) is 0 Å². The van der Waals surface area contributed by atoms with Gasteiger partial charge in [-0.2, -0.15) is 0 Å². The highest BCUT2D eigenvalue weighted by Crippen LogP contribution is 2.42. The Balaban J connectivity index is 1.32. The molecule has 2 aromatic carbocycles. The van der Waals surface area contributed by atoms with Crippen molar-refractivity contribution in [3.63, 3.8) is 0 Å². The number of amides is 1. The molecule has 0 aliphatic carbocycles. The number of aromatic hydroxyl groups is 4. The van der Waals surface area contributed by atoms with Gasteiger partial charge in [-0.15, -0.1) is 0 Å². The number of carbonyl (C=O) groups is 1. The van der Waals surface area contributed by atoms with Gasteiger partial charge < -0.3 is 104 Å². The van der Waals surface area contributed by atoms with Gasteiger partial charge >= 0.3 is 0 Å². The van der Waals surface area contributed by atoms with E-state index in [4.69, 9.17) is 32.8 Å². The zero-order valence-corrected chi connectivity index (χ0v) is 33.0. The van der Waals surface area contributed by atoms with Gasteiger partial charge in [-0.1, -0.05) is 0 Å². The monoisotopic (exact) mass is 883 g/mol. The Morgan fingerprint density at radius 2 is 1.34 bits per heavy atom. The molecular formula is C39H49NO22. The molecule has 3 aromatic rings. The molecule has 62 heavy (non-hydrogen) atoms. The lowest BCUT2D eigenvalue weighted by Crippen LogP contribution is -2.65. The Hall–Kier alpha value is -4.44. The van der Waals surface area contributed by atoms with Crippen LogP contribution in [0, 0.1) is 0 Å². The summed E-state index contributed by atoms with van der Waals surface area (Å²) < 4.78 is 40.8. The molecule has 4 aliphatic rings. The van der Waals surface area contributed by atoms with Crippen LogP contribution >= 0.6 is 0 Å². The average molecular weight is 884 g/mol. The number of likely N-dealkylation sites (tertiary alicyclic amines) is 1. The fourth-order valence-corrected chi connectivity index (χ4v) is 7.77. The third-order valence-corrected chi connectivity index (χ3v) is 11.5. The first-order valence-electron chi connectivity index (χ1n) is 19.7. The van der Waals surface area contributed by atoms with Gasteiger partial charge in [-0.25, -0.2) is 0 Å². The normalized spacial score (nSPS) is 36.8. The molecule has 1 aromatic heterocycles. The Bertz CT molecular complexity index is 2170. The first-order chi connectivity index (χ1) is 29.3. The molecule has 0 saturated carbocycles. The summed E-state index contributed by atoms with van der Waals surface area (Å²) in [4.78, 5) is 28.8. The smallest absolute Gasteiger partial charge is 0.251 e. The first-order valence-corrected chi connectivity index (χ1v) is 19.7. The summed E-state index contributed by atoms with van der Waals surface area (Å²) in [7, 11) is 0. The lowest BCUT2D eigenvalue weighted by atomic mass is 9.97. The molecule has 23 heteroatoms. The quantitative estimate of drug-likeness (QED) is 0.0885. The predicted molar refractivity (Wildman–Crippen MR) is 202 cm³/mol. The van der Waals surface area contributed by atoms with Crippen molar-refractivity contribution in [1.82, 2.24) is 4.90 Å². The summed E-state index contributed by atoms with van der Waals surface area (Å²) in [6.07, 6.45) is -26.7. The number of carbonyl (C=O) groups excluding carboxylic acids is 1. The van der Waals surface area contributed by atoms with Crippen molar-refractivity contribution in [2.24, 2.45) is 0 Å². The lowest BCUT2D eigenvalue weighted by Gasteiger charge is -2.46. The van der Waals surface area contributed by atoms with E-state index in [-0.39, 0.29) is 24.1 Å². The lowest BCUT2D eigenvalue weighted by molar-refractivity contribution is -0.360. The minimum atomic E-state index is -2.11. The van der Waals surface area contributed by atoms with Crippen LogP contribution in [0.5, 0.6) is 28.7 Å². The maximum absolute atomic E-state index is 14.7. The van der Waals surface area contributed by atoms with E-state index in [0.717, 1.165) is 18.2 Å². The van der Waals surface area contributed by atoms with E-state index in [1.165, 1.54) is 24.8 Å². The second-order valence-electron chi connectivity index (χ2n) is 15.7. The van der Waals surface area contributed by atoms with Gasteiger partial charge in [-0.3, -0.25) is 9.59 Å². The van der Waals surface area contributed by atoms with E-state index >= 15 is 0 Å². The van der Waals surface area contributed by atoms with E-state index < -0.39 is 168 Å².